The van der Waals surface area contributed by atoms with Gasteiger partial charge in [-0.3, -0.25) is 0 Å². The van der Waals surface area contributed by atoms with Gasteiger partial charge in [-0.15, -0.1) is 41.8 Å². The molecule has 20 heavy (non-hydrogen) atoms. The summed E-state index contributed by atoms with van der Waals surface area (Å²) in [6, 6.07) is 29.5. The predicted octanol–water partition coefficient (Wildman–Crippen LogP) is 4.95. The molecule has 0 spiro atoms. The summed E-state index contributed by atoms with van der Waals surface area (Å²) >= 11 is 0. The number of rotatable bonds is 3. The maximum Gasteiger partial charge on any atom is 2.00 e. The maximum absolute atomic E-state index is 2.19. The van der Waals surface area contributed by atoms with E-state index in [2.05, 4.69) is 79.2 Å². The molecule has 0 aliphatic heterocycles. The van der Waals surface area contributed by atoms with Gasteiger partial charge in [0.2, 0.25) is 0 Å². The van der Waals surface area contributed by atoms with Crippen LogP contribution in [0.25, 0.3) is 11.1 Å². The molecule has 0 aliphatic carbocycles. The van der Waals surface area contributed by atoms with Crippen molar-refractivity contribution in [2.75, 3.05) is 0 Å². The molecule has 0 radical (unpaired) electrons. The van der Waals surface area contributed by atoms with Crippen molar-refractivity contribution in [1.82, 2.24) is 0 Å². The van der Waals surface area contributed by atoms with Crippen LogP contribution in [0.3, 0.4) is 0 Å². The van der Waals surface area contributed by atoms with Gasteiger partial charge in [0.1, 0.15) is 0 Å². The van der Waals surface area contributed by atoms with Crippen molar-refractivity contribution in [3.8, 4) is 11.1 Å². The van der Waals surface area contributed by atoms with Crippen LogP contribution in [0, 0.1) is 6.42 Å². The molecular formula is C19H15W+. The largest absolute Gasteiger partial charge is 2.00 e. The van der Waals surface area contributed by atoms with Crippen LogP contribution >= 0.6 is 0 Å². The first-order chi connectivity index (χ1) is 9.42. The van der Waals surface area contributed by atoms with Crippen LogP contribution in [0.1, 0.15) is 11.1 Å². The van der Waals surface area contributed by atoms with E-state index in [-0.39, 0.29) is 21.1 Å². The number of hydrogen-bond acceptors (Lipinski definition) is 0. The third kappa shape index (κ3) is 3.62. The summed E-state index contributed by atoms with van der Waals surface area (Å²) < 4.78 is 0. The second-order valence-corrected chi connectivity index (χ2v) is 4.54. The van der Waals surface area contributed by atoms with Gasteiger partial charge < -0.3 is 0 Å². The third-order valence-corrected chi connectivity index (χ3v) is 3.15. The minimum Gasteiger partial charge on any atom is -0.126 e. The molecule has 0 atom stereocenters. The number of hydrogen-bond donors (Lipinski definition) is 0. The molecule has 0 amide bonds. The molecule has 0 fully saturated rings. The van der Waals surface area contributed by atoms with E-state index < -0.39 is 0 Å². The molecule has 0 aliphatic rings. The summed E-state index contributed by atoms with van der Waals surface area (Å²) in [5.74, 6) is 0. The van der Waals surface area contributed by atoms with Gasteiger partial charge in [-0.2, -0.15) is 0 Å². The van der Waals surface area contributed by atoms with Gasteiger partial charge >= 0.3 is 21.1 Å². The minimum atomic E-state index is 0. The Balaban J connectivity index is 0.00000147. The van der Waals surface area contributed by atoms with Crippen LogP contribution in [0.2, 0.25) is 0 Å². The fraction of sp³-hybridized carbons (Fsp3) is 0. The smallest absolute Gasteiger partial charge is 0.126 e. The zero-order valence-electron chi connectivity index (χ0n) is 11.1. The molecule has 0 nitrogen and oxygen atoms in total. The van der Waals surface area contributed by atoms with Crippen molar-refractivity contribution in [3.05, 3.63) is 102 Å². The topological polar surface area (TPSA) is 0 Å². The predicted molar refractivity (Wildman–Crippen MR) is 80.8 cm³/mol. The van der Waals surface area contributed by atoms with E-state index in [1.807, 2.05) is 12.1 Å². The van der Waals surface area contributed by atoms with E-state index in [9.17, 15) is 0 Å². The van der Waals surface area contributed by atoms with E-state index in [0.717, 1.165) is 0 Å². The third-order valence-electron chi connectivity index (χ3n) is 3.15. The van der Waals surface area contributed by atoms with E-state index in [4.69, 9.17) is 0 Å². The quantitative estimate of drug-likeness (QED) is 0.519. The van der Waals surface area contributed by atoms with E-state index in [1.54, 1.807) is 0 Å². The summed E-state index contributed by atoms with van der Waals surface area (Å²) in [6.07, 6.45) is 2.19. The van der Waals surface area contributed by atoms with E-state index in [1.165, 1.54) is 22.3 Å². The molecule has 1 heteroatoms. The van der Waals surface area contributed by atoms with Crippen LogP contribution in [0.4, 0.5) is 0 Å². The van der Waals surface area contributed by atoms with E-state index >= 15 is 0 Å². The Morgan fingerprint density at radius 2 is 0.900 bits per heavy atom. The molecule has 96 valence electrons. The molecule has 3 aromatic rings. The standard InChI is InChI=1S/C19H15.W/c1-3-7-16(8-4-1)15-17-11-13-19(14-12-17)18-9-5-2-6-10-18;/h1-15H;/q-1;+2. The maximum atomic E-state index is 2.19. The van der Waals surface area contributed by atoms with Gasteiger partial charge in [0.05, 0.1) is 0 Å². The molecule has 0 unspecified atom stereocenters. The monoisotopic (exact) mass is 427 g/mol. The number of benzene rings is 3. The Hall–Kier alpha value is -1.78. The van der Waals surface area contributed by atoms with Crippen LogP contribution < -0.4 is 0 Å². The Kier molecular flexibility index (Phi) is 5.21. The SMILES string of the molecule is [W+2].c1ccc([CH-]c2ccc(-c3ccccc3)cc2)cc1. The second kappa shape index (κ2) is 7.12. The molecular weight excluding hydrogens is 412 g/mol. The average Bonchev–Trinajstić information content (AvgIpc) is 2.50. The second-order valence-electron chi connectivity index (χ2n) is 4.54. The Morgan fingerprint density at radius 1 is 0.450 bits per heavy atom. The van der Waals surface area contributed by atoms with Crippen molar-refractivity contribution in [2.24, 2.45) is 0 Å². The molecule has 3 aromatic carbocycles. The summed E-state index contributed by atoms with van der Waals surface area (Å²) in [5.41, 5.74) is 4.97. The van der Waals surface area contributed by atoms with Crippen molar-refractivity contribution in [1.29, 1.82) is 0 Å². The van der Waals surface area contributed by atoms with Crippen molar-refractivity contribution in [3.63, 3.8) is 0 Å². The first-order valence-corrected chi connectivity index (χ1v) is 6.47. The first-order valence-electron chi connectivity index (χ1n) is 6.47. The summed E-state index contributed by atoms with van der Waals surface area (Å²) in [5, 5.41) is 0. The molecule has 0 N–H and O–H groups in total. The van der Waals surface area contributed by atoms with Gasteiger partial charge in [-0.25, -0.2) is 0 Å². The minimum absolute atomic E-state index is 0. The van der Waals surface area contributed by atoms with Crippen molar-refractivity contribution in [2.45, 2.75) is 0 Å². The first kappa shape index (κ1) is 14.6. The van der Waals surface area contributed by atoms with Gasteiger partial charge in [0, 0.05) is 0 Å². The molecule has 0 saturated heterocycles. The fourth-order valence-corrected chi connectivity index (χ4v) is 2.14. The van der Waals surface area contributed by atoms with Gasteiger partial charge in [0.15, 0.2) is 0 Å². The Labute approximate surface area is 134 Å². The van der Waals surface area contributed by atoms with E-state index in [0.29, 0.717) is 0 Å². The average molecular weight is 427 g/mol. The van der Waals surface area contributed by atoms with Crippen LogP contribution in [-0.4, -0.2) is 0 Å². The summed E-state index contributed by atoms with van der Waals surface area (Å²) in [4.78, 5) is 0. The van der Waals surface area contributed by atoms with Gasteiger partial charge in [-0.05, 0) is 11.1 Å². The Morgan fingerprint density at radius 3 is 1.50 bits per heavy atom. The normalized spacial score (nSPS) is 9.60. The zero-order valence-corrected chi connectivity index (χ0v) is 14.0. The van der Waals surface area contributed by atoms with Gasteiger partial charge in [0.25, 0.3) is 0 Å². The van der Waals surface area contributed by atoms with Crippen LogP contribution in [-0.2, 0) is 21.1 Å². The summed E-state index contributed by atoms with van der Waals surface area (Å²) in [6.45, 7) is 0. The molecule has 3 rings (SSSR count). The molecule has 0 saturated carbocycles. The summed E-state index contributed by atoms with van der Waals surface area (Å²) in [7, 11) is 0. The van der Waals surface area contributed by atoms with Gasteiger partial charge in [-0.1, -0.05) is 60.7 Å². The van der Waals surface area contributed by atoms with Crippen molar-refractivity contribution < 1.29 is 21.1 Å². The van der Waals surface area contributed by atoms with Crippen molar-refractivity contribution >= 4 is 0 Å². The molecule has 0 aromatic heterocycles. The van der Waals surface area contributed by atoms with Crippen LogP contribution in [0.15, 0.2) is 84.9 Å². The molecule has 0 bridgehead atoms. The zero-order chi connectivity index (χ0) is 12.9. The van der Waals surface area contributed by atoms with Crippen LogP contribution in [0.5, 0.6) is 0 Å². The fourth-order valence-electron chi connectivity index (χ4n) is 2.14. The Bertz CT molecular complexity index is 628. The molecule has 0 heterocycles.